The highest BCUT2D eigenvalue weighted by Crippen LogP contribution is 2.26. The summed E-state index contributed by atoms with van der Waals surface area (Å²) >= 11 is 1.73. The molecule has 1 saturated heterocycles. The molecule has 2 heterocycles. The van der Waals surface area contributed by atoms with Crippen LogP contribution in [0.1, 0.15) is 67.6 Å². The smallest absolute Gasteiger partial charge is 0.251 e. The lowest BCUT2D eigenvalue weighted by Crippen LogP contribution is -2.40. The summed E-state index contributed by atoms with van der Waals surface area (Å²) in [6, 6.07) is 10.5. The number of likely N-dealkylation sites (tertiary alicyclic amines) is 1. The SMILES string of the molecule is CC(C)(C)c1ccc(C(=O)NCC(c2ccsc2)N2CCCCC2)cc1. The van der Waals surface area contributed by atoms with E-state index in [9.17, 15) is 4.79 Å². The highest BCUT2D eigenvalue weighted by atomic mass is 32.1. The molecule has 1 atom stereocenters. The van der Waals surface area contributed by atoms with Crippen LogP contribution >= 0.6 is 11.3 Å². The maximum atomic E-state index is 12.6. The molecule has 1 unspecified atom stereocenters. The zero-order valence-electron chi connectivity index (χ0n) is 16.1. The number of hydrogen-bond acceptors (Lipinski definition) is 3. The van der Waals surface area contributed by atoms with E-state index in [2.05, 4.69) is 59.9 Å². The van der Waals surface area contributed by atoms with E-state index in [-0.39, 0.29) is 17.4 Å². The molecule has 1 aliphatic heterocycles. The summed E-state index contributed by atoms with van der Waals surface area (Å²) in [6.07, 6.45) is 3.82. The van der Waals surface area contributed by atoms with Crippen LogP contribution in [0.15, 0.2) is 41.1 Å². The van der Waals surface area contributed by atoms with Crippen molar-refractivity contribution in [2.24, 2.45) is 0 Å². The number of amides is 1. The fourth-order valence-electron chi connectivity index (χ4n) is 3.57. The van der Waals surface area contributed by atoms with E-state index in [4.69, 9.17) is 0 Å². The Balaban J connectivity index is 1.65. The molecular weight excluding hydrogens is 340 g/mol. The van der Waals surface area contributed by atoms with Crippen LogP contribution in [0.2, 0.25) is 0 Å². The monoisotopic (exact) mass is 370 g/mol. The molecule has 0 radical (unpaired) electrons. The summed E-state index contributed by atoms with van der Waals surface area (Å²) in [6.45, 7) is 9.47. The molecule has 1 aliphatic rings. The van der Waals surface area contributed by atoms with Gasteiger partial charge in [-0.15, -0.1) is 0 Å². The first-order valence-corrected chi connectivity index (χ1v) is 10.5. The molecule has 1 aromatic carbocycles. The molecule has 26 heavy (non-hydrogen) atoms. The molecule has 1 amide bonds. The van der Waals surface area contributed by atoms with E-state index in [0.29, 0.717) is 6.54 Å². The van der Waals surface area contributed by atoms with Crippen LogP contribution in [-0.2, 0) is 5.41 Å². The van der Waals surface area contributed by atoms with Crippen LogP contribution in [0.5, 0.6) is 0 Å². The Hall–Kier alpha value is -1.65. The van der Waals surface area contributed by atoms with Crippen LogP contribution in [0.3, 0.4) is 0 Å². The number of nitrogens with one attached hydrogen (secondary N) is 1. The van der Waals surface area contributed by atoms with Crippen molar-refractivity contribution in [2.75, 3.05) is 19.6 Å². The van der Waals surface area contributed by atoms with E-state index in [1.807, 2.05) is 12.1 Å². The summed E-state index contributed by atoms with van der Waals surface area (Å²) in [5.41, 5.74) is 3.41. The summed E-state index contributed by atoms with van der Waals surface area (Å²) in [5.74, 6) is 0.0164. The highest BCUT2D eigenvalue weighted by molar-refractivity contribution is 7.07. The Morgan fingerprint density at radius 3 is 2.38 bits per heavy atom. The molecule has 0 aliphatic carbocycles. The fraction of sp³-hybridized carbons (Fsp3) is 0.500. The van der Waals surface area contributed by atoms with E-state index in [1.165, 1.54) is 30.4 Å². The van der Waals surface area contributed by atoms with Gasteiger partial charge in [0.25, 0.3) is 5.91 Å². The van der Waals surface area contributed by atoms with Crippen LogP contribution < -0.4 is 5.32 Å². The van der Waals surface area contributed by atoms with Crippen molar-refractivity contribution in [3.8, 4) is 0 Å². The van der Waals surface area contributed by atoms with Crippen LogP contribution in [-0.4, -0.2) is 30.4 Å². The lowest BCUT2D eigenvalue weighted by molar-refractivity contribution is 0.0924. The predicted octanol–water partition coefficient (Wildman–Crippen LogP) is 5.00. The standard InChI is InChI=1S/C22H30N2OS/c1-22(2,3)19-9-7-17(8-10-19)21(25)23-15-20(18-11-14-26-16-18)24-12-5-4-6-13-24/h7-11,14,16,20H,4-6,12-13,15H2,1-3H3,(H,23,25). The molecule has 3 rings (SSSR count). The molecule has 1 N–H and O–H groups in total. The Kier molecular flexibility index (Phi) is 6.15. The van der Waals surface area contributed by atoms with Crippen molar-refractivity contribution in [3.05, 3.63) is 57.8 Å². The van der Waals surface area contributed by atoms with Crippen LogP contribution in [0.4, 0.5) is 0 Å². The topological polar surface area (TPSA) is 32.3 Å². The number of carbonyl (C=O) groups excluding carboxylic acids is 1. The van der Waals surface area contributed by atoms with E-state index in [1.54, 1.807) is 11.3 Å². The number of benzene rings is 1. The molecule has 1 fully saturated rings. The first-order chi connectivity index (χ1) is 12.4. The van der Waals surface area contributed by atoms with E-state index in [0.717, 1.165) is 18.7 Å². The largest absolute Gasteiger partial charge is 0.350 e. The van der Waals surface area contributed by atoms with Gasteiger partial charge < -0.3 is 5.32 Å². The number of thiophene rings is 1. The average molecular weight is 371 g/mol. The van der Waals surface area contributed by atoms with Crippen molar-refractivity contribution in [3.63, 3.8) is 0 Å². The van der Waals surface area contributed by atoms with Gasteiger partial charge in [-0.3, -0.25) is 9.69 Å². The van der Waals surface area contributed by atoms with Crippen molar-refractivity contribution < 1.29 is 4.79 Å². The molecule has 0 saturated carbocycles. The van der Waals surface area contributed by atoms with Crippen LogP contribution in [0.25, 0.3) is 0 Å². The first-order valence-electron chi connectivity index (χ1n) is 9.60. The molecular formula is C22H30N2OS. The van der Waals surface area contributed by atoms with Gasteiger partial charge in [0, 0.05) is 12.1 Å². The Morgan fingerprint density at radius 1 is 1.12 bits per heavy atom. The number of piperidine rings is 1. The summed E-state index contributed by atoms with van der Waals surface area (Å²) in [5, 5.41) is 7.50. The van der Waals surface area contributed by atoms with Crippen molar-refractivity contribution in [1.82, 2.24) is 10.2 Å². The number of carbonyl (C=O) groups is 1. The van der Waals surface area contributed by atoms with Gasteiger partial charge in [0.05, 0.1) is 6.04 Å². The highest BCUT2D eigenvalue weighted by Gasteiger charge is 2.23. The van der Waals surface area contributed by atoms with E-state index >= 15 is 0 Å². The number of nitrogens with zero attached hydrogens (tertiary/aromatic N) is 1. The molecule has 0 spiro atoms. The normalized spacial score (nSPS) is 17.0. The maximum Gasteiger partial charge on any atom is 0.251 e. The second-order valence-electron chi connectivity index (χ2n) is 8.21. The molecule has 2 aromatic rings. The van der Waals surface area contributed by atoms with Gasteiger partial charge in [0.2, 0.25) is 0 Å². The maximum absolute atomic E-state index is 12.6. The third kappa shape index (κ3) is 4.74. The van der Waals surface area contributed by atoms with Crippen LogP contribution in [0, 0.1) is 0 Å². The third-order valence-electron chi connectivity index (χ3n) is 5.23. The van der Waals surface area contributed by atoms with Gasteiger partial charge in [-0.05, 0) is 71.4 Å². The van der Waals surface area contributed by atoms with Gasteiger partial charge in [0.15, 0.2) is 0 Å². The number of hydrogen-bond donors (Lipinski definition) is 1. The Bertz CT molecular complexity index is 695. The molecule has 3 nitrogen and oxygen atoms in total. The van der Waals surface area contributed by atoms with Gasteiger partial charge in [-0.1, -0.05) is 39.3 Å². The minimum Gasteiger partial charge on any atom is -0.350 e. The van der Waals surface area contributed by atoms with Gasteiger partial charge in [-0.2, -0.15) is 11.3 Å². The predicted molar refractivity (Wildman–Crippen MR) is 110 cm³/mol. The summed E-state index contributed by atoms with van der Waals surface area (Å²) < 4.78 is 0. The quantitative estimate of drug-likeness (QED) is 0.803. The minimum absolute atomic E-state index is 0.0164. The summed E-state index contributed by atoms with van der Waals surface area (Å²) in [7, 11) is 0. The molecule has 4 heteroatoms. The van der Waals surface area contributed by atoms with Gasteiger partial charge >= 0.3 is 0 Å². The van der Waals surface area contributed by atoms with E-state index < -0.39 is 0 Å². The lowest BCUT2D eigenvalue weighted by Gasteiger charge is -2.34. The number of rotatable bonds is 5. The zero-order valence-corrected chi connectivity index (χ0v) is 16.9. The second kappa shape index (κ2) is 8.36. The second-order valence-corrected chi connectivity index (χ2v) is 8.99. The zero-order chi connectivity index (χ0) is 18.6. The van der Waals surface area contributed by atoms with Crippen molar-refractivity contribution >= 4 is 17.2 Å². The third-order valence-corrected chi connectivity index (χ3v) is 5.93. The first kappa shape index (κ1) is 19.1. The van der Waals surface area contributed by atoms with Gasteiger partial charge in [-0.25, -0.2) is 0 Å². The van der Waals surface area contributed by atoms with Gasteiger partial charge in [0.1, 0.15) is 0 Å². The van der Waals surface area contributed by atoms with Crippen molar-refractivity contribution in [1.29, 1.82) is 0 Å². The molecule has 140 valence electrons. The summed E-state index contributed by atoms with van der Waals surface area (Å²) in [4.78, 5) is 15.2. The average Bonchev–Trinajstić information content (AvgIpc) is 3.16. The molecule has 1 aromatic heterocycles. The fourth-order valence-corrected chi connectivity index (χ4v) is 4.27. The molecule has 0 bridgehead atoms. The minimum atomic E-state index is 0.0164. The Labute approximate surface area is 161 Å². The lowest BCUT2D eigenvalue weighted by atomic mass is 9.87. The Morgan fingerprint density at radius 2 is 1.81 bits per heavy atom. The van der Waals surface area contributed by atoms with Crippen molar-refractivity contribution in [2.45, 2.75) is 51.5 Å².